The lowest BCUT2D eigenvalue weighted by Gasteiger charge is -2.33. The number of H-pyrrole nitrogens is 1. The van der Waals surface area contributed by atoms with Gasteiger partial charge in [-0.1, -0.05) is 18.2 Å². The molecule has 5 heterocycles. The Labute approximate surface area is 245 Å². The maximum atomic E-state index is 13.0. The van der Waals surface area contributed by atoms with Gasteiger partial charge in [-0.15, -0.1) is 0 Å². The highest BCUT2D eigenvalue weighted by Crippen LogP contribution is 2.25. The maximum absolute atomic E-state index is 13.0. The van der Waals surface area contributed by atoms with Crippen LogP contribution in [0.4, 0.5) is 5.69 Å². The van der Waals surface area contributed by atoms with Crippen LogP contribution in [0.25, 0.3) is 22.3 Å². The van der Waals surface area contributed by atoms with Crippen molar-refractivity contribution >= 4 is 28.5 Å². The van der Waals surface area contributed by atoms with Crippen molar-refractivity contribution in [1.29, 1.82) is 0 Å². The van der Waals surface area contributed by atoms with E-state index in [0.29, 0.717) is 17.9 Å². The number of carbonyl (C=O) groups is 2. The van der Waals surface area contributed by atoms with Crippen LogP contribution in [0.1, 0.15) is 41.0 Å². The van der Waals surface area contributed by atoms with Gasteiger partial charge >= 0.3 is 0 Å². The lowest BCUT2D eigenvalue weighted by atomic mass is 10.0. The normalized spacial score (nSPS) is 17.8. The molecule has 2 saturated heterocycles. The second kappa shape index (κ2) is 12.6. The third kappa shape index (κ3) is 6.72. The Hall–Kier alpha value is -4.41. The lowest BCUT2D eigenvalue weighted by Crippen LogP contribution is -2.47. The van der Waals surface area contributed by atoms with Crippen LogP contribution >= 0.6 is 0 Å². The van der Waals surface area contributed by atoms with Gasteiger partial charge < -0.3 is 15.6 Å². The standard InChI is InChI=1S/C32H36N8O2/c1-22-27-18-28(38-31(27)35-21-34-22)24-7-9-25(10-8-24)37-32(42)29-17-23(11-12-33-29)19-40-14-2-5-26(20-40)36-30(41)6-3-13-39-15-4-16-39/h3,6-12,17-18,21,26H,2,4-5,13-16,19-20H2,1H3,(H,36,41)(H,37,42)(H,34,35,38)/b6-3+/t26-/m1/s1. The summed E-state index contributed by atoms with van der Waals surface area (Å²) < 4.78 is 0. The van der Waals surface area contributed by atoms with Gasteiger partial charge in [-0.25, -0.2) is 9.97 Å². The van der Waals surface area contributed by atoms with Crippen LogP contribution in [0.15, 0.2) is 67.1 Å². The molecule has 3 aromatic heterocycles. The molecule has 2 fully saturated rings. The highest BCUT2D eigenvalue weighted by Gasteiger charge is 2.21. The molecule has 3 N–H and O–H groups in total. The minimum Gasteiger partial charge on any atom is -0.349 e. The van der Waals surface area contributed by atoms with E-state index in [1.165, 1.54) is 6.42 Å². The van der Waals surface area contributed by atoms with Gasteiger partial charge in [-0.05, 0) is 87.3 Å². The third-order valence-corrected chi connectivity index (χ3v) is 7.98. The number of anilines is 1. The molecule has 42 heavy (non-hydrogen) atoms. The van der Waals surface area contributed by atoms with Gasteiger partial charge in [0.25, 0.3) is 5.91 Å². The summed E-state index contributed by atoms with van der Waals surface area (Å²) in [5, 5.41) is 7.10. The summed E-state index contributed by atoms with van der Waals surface area (Å²) in [6.07, 6.45) is 10.1. The van der Waals surface area contributed by atoms with E-state index in [4.69, 9.17) is 0 Å². The predicted molar refractivity (Wildman–Crippen MR) is 163 cm³/mol. The average Bonchev–Trinajstić information content (AvgIpc) is 3.41. The van der Waals surface area contributed by atoms with Gasteiger partial charge in [0.2, 0.25) is 5.91 Å². The van der Waals surface area contributed by atoms with E-state index < -0.39 is 0 Å². The molecule has 2 amide bonds. The van der Waals surface area contributed by atoms with Gasteiger partial charge in [0, 0.05) is 54.7 Å². The highest BCUT2D eigenvalue weighted by molar-refractivity contribution is 6.03. The van der Waals surface area contributed by atoms with E-state index in [9.17, 15) is 9.59 Å². The number of benzene rings is 1. The molecule has 2 aliphatic rings. The molecule has 0 radical (unpaired) electrons. The highest BCUT2D eigenvalue weighted by atomic mass is 16.2. The van der Waals surface area contributed by atoms with Gasteiger partial charge in [0.05, 0.1) is 5.69 Å². The number of aromatic amines is 1. The second-order valence-electron chi connectivity index (χ2n) is 11.1. The zero-order valence-corrected chi connectivity index (χ0v) is 23.8. The summed E-state index contributed by atoms with van der Waals surface area (Å²) in [7, 11) is 0. The van der Waals surface area contributed by atoms with Crippen LogP contribution in [0.3, 0.4) is 0 Å². The number of pyridine rings is 1. The molecule has 1 atom stereocenters. The number of rotatable bonds is 9. The molecule has 0 unspecified atom stereocenters. The van der Waals surface area contributed by atoms with Crippen LogP contribution in [0, 0.1) is 6.92 Å². The van der Waals surface area contributed by atoms with Gasteiger partial charge in [0.15, 0.2) is 0 Å². The van der Waals surface area contributed by atoms with Crippen LogP contribution in [-0.4, -0.2) is 80.3 Å². The summed E-state index contributed by atoms with van der Waals surface area (Å²) in [5.74, 6) is -0.279. The number of hydrogen-bond donors (Lipinski definition) is 3. The molecule has 1 aromatic carbocycles. The Kier molecular flexibility index (Phi) is 8.34. The molecule has 216 valence electrons. The number of hydrogen-bond acceptors (Lipinski definition) is 7. The van der Waals surface area contributed by atoms with E-state index in [1.807, 2.05) is 55.5 Å². The fraction of sp³-hybridized carbons (Fsp3) is 0.344. The summed E-state index contributed by atoms with van der Waals surface area (Å²) >= 11 is 0. The van der Waals surface area contributed by atoms with E-state index in [2.05, 4.69) is 40.4 Å². The minimum atomic E-state index is -0.255. The van der Waals surface area contributed by atoms with E-state index in [1.54, 1.807) is 18.6 Å². The zero-order chi connectivity index (χ0) is 28.9. The summed E-state index contributed by atoms with van der Waals surface area (Å²) in [6.45, 7) is 7.48. The first kappa shape index (κ1) is 27.7. The molecule has 6 rings (SSSR count). The summed E-state index contributed by atoms with van der Waals surface area (Å²) in [4.78, 5) is 46.2. The number of nitrogens with one attached hydrogen (secondary N) is 3. The topological polar surface area (TPSA) is 119 Å². The fourth-order valence-corrected chi connectivity index (χ4v) is 5.54. The Morgan fingerprint density at radius 2 is 1.86 bits per heavy atom. The zero-order valence-electron chi connectivity index (χ0n) is 23.8. The van der Waals surface area contributed by atoms with Crippen molar-refractivity contribution in [2.45, 2.75) is 38.8 Å². The van der Waals surface area contributed by atoms with Crippen molar-refractivity contribution in [2.75, 3.05) is 38.0 Å². The number of aromatic nitrogens is 4. The lowest BCUT2D eigenvalue weighted by molar-refractivity contribution is -0.117. The molecule has 10 nitrogen and oxygen atoms in total. The predicted octanol–water partition coefficient (Wildman–Crippen LogP) is 3.92. The third-order valence-electron chi connectivity index (χ3n) is 7.98. The number of nitrogens with zero attached hydrogens (tertiary/aromatic N) is 5. The quantitative estimate of drug-likeness (QED) is 0.264. The fourth-order valence-electron chi connectivity index (χ4n) is 5.54. The first-order valence-electron chi connectivity index (χ1n) is 14.6. The average molecular weight is 565 g/mol. The first-order chi connectivity index (χ1) is 20.5. The smallest absolute Gasteiger partial charge is 0.274 e. The molecule has 0 spiro atoms. The van der Waals surface area contributed by atoms with Gasteiger partial charge in [-0.3, -0.25) is 24.4 Å². The second-order valence-corrected chi connectivity index (χ2v) is 11.1. The van der Waals surface area contributed by atoms with E-state index in [0.717, 1.165) is 79.1 Å². The van der Waals surface area contributed by atoms with Crippen LogP contribution in [-0.2, 0) is 11.3 Å². The number of piperidine rings is 1. The van der Waals surface area contributed by atoms with Crippen molar-refractivity contribution in [2.24, 2.45) is 0 Å². The minimum absolute atomic E-state index is 0.0241. The van der Waals surface area contributed by atoms with Crippen LogP contribution in [0.5, 0.6) is 0 Å². The molecule has 4 aromatic rings. The Balaban J connectivity index is 1.02. The molecule has 0 aliphatic carbocycles. The Morgan fingerprint density at radius 3 is 2.64 bits per heavy atom. The Bertz CT molecular complexity index is 1590. The van der Waals surface area contributed by atoms with Crippen LogP contribution < -0.4 is 10.6 Å². The molecular formula is C32H36N8O2. The van der Waals surface area contributed by atoms with Crippen molar-refractivity contribution in [3.63, 3.8) is 0 Å². The van der Waals surface area contributed by atoms with E-state index >= 15 is 0 Å². The van der Waals surface area contributed by atoms with Crippen molar-refractivity contribution in [3.8, 4) is 11.3 Å². The van der Waals surface area contributed by atoms with Crippen LogP contribution in [0.2, 0.25) is 0 Å². The van der Waals surface area contributed by atoms with Gasteiger partial charge in [0.1, 0.15) is 17.7 Å². The largest absolute Gasteiger partial charge is 0.349 e. The molecular weight excluding hydrogens is 528 g/mol. The number of amides is 2. The molecule has 0 bridgehead atoms. The van der Waals surface area contributed by atoms with Crippen molar-refractivity contribution in [1.82, 2.24) is 35.1 Å². The number of aryl methyl sites for hydroxylation is 1. The monoisotopic (exact) mass is 564 g/mol. The SMILES string of the molecule is Cc1ncnc2[nH]c(-c3ccc(NC(=O)c4cc(CN5CCC[C@@H](NC(=O)/C=C/CN6CCC6)C5)ccn4)cc3)cc12. The molecule has 0 saturated carbocycles. The molecule has 10 heteroatoms. The Morgan fingerprint density at radius 1 is 1.02 bits per heavy atom. The summed E-state index contributed by atoms with van der Waals surface area (Å²) in [5.41, 5.74) is 5.74. The first-order valence-corrected chi connectivity index (χ1v) is 14.6. The number of likely N-dealkylation sites (tertiary alicyclic amines) is 2. The van der Waals surface area contributed by atoms with Gasteiger partial charge in [-0.2, -0.15) is 0 Å². The molecule has 2 aliphatic heterocycles. The van der Waals surface area contributed by atoms with E-state index in [-0.39, 0.29) is 17.9 Å². The maximum Gasteiger partial charge on any atom is 0.274 e. The number of fused-ring (bicyclic) bond motifs is 1. The summed E-state index contributed by atoms with van der Waals surface area (Å²) in [6, 6.07) is 13.6. The van der Waals surface area contributed by atoms with Crippen molar-refractivity contribution < 1.29 is 9.59 Å². The number of carbonyl (C=O) groups excluding carboxylic acids is 2. The van der Waals surface area contributed by atoms with Crippen molar-refractivity contribution in [3.05, 3.63) is 84.1 Å².